The number of aromatic nitrogens is 2. The van der Waals surface area contributed by atoms with Crippen LogP contribution in [0.2, 0.25) is 5.02 Å². The van der Waals surface area contributed by atoms with Crippen LogP contribution in [0.15, 0.2) is 67.0 Å². The molecule has 9 heteroatoms. The van der Waals surface area contributed by atoms with E-state index >= 15 is 0 Å². The number of nitrogens with one attached hydrogen (secondary N) is 1. The van der Waals surface area contributed by atoms with Crippen LogP contribution in [0.4, 0.5) is 11.6 Å². The SMILES string of the molecule is COc1ccc(Cl)cc1C=CC(=O)Nc1ccc(CC(=O)N2CCN(c3ncccn3)CC2)cc1. The fraction of sp³-hybridized carbons (Fsp3) is 0.231. The van der Waals surface area contributed by atoms with E-state index in [-0.39, 0.29) is 11.8 Å². The summed E-state index contributed by atoms with van der Waals surface area (Å²) in [6, 6.07) is 14.3. The number of rotatable bonds is 7. The van der Waals surface area contributed by atoms with E-state index in [1.807, 2.05) is 17.0 Å². The zero-order valence-electron chi connectivity index (χ0n) is 19.4. The first-order valence-electron chi connectivity index (χ1n) is 11.2. The Hall–Kier alpha value is -3.91. The maximum absolute atomic E-state index is 12.7. The fourth-order valence-electron chi connectivity index (χ4n) is 3.79. The Morgan fingerprint density at radius 1 is 1.06 bits per heavy atom. The van der Waals surface area contributed by atoms with Crippen LogP contribution in [-0.4, -0.2) is 60.0 Å². The highest BCUT2D eigenvalue weighted by atomic mass is 35.5. The standard InChI is InChI=1S/C26H26ClN5O3/c1-35-23-9-6-21(27)18-20(23)5-10-24(33)30-22-7-3-19(4-8-22)17-25(34)31-13-15-32(16-14-31)26-28-11-2-12-29-26/h2-12,18H,13-17H2,1H3,(H,30,33). The predicted molar refractivity (Wildman–Crippen MR) is 137 cm³/mol. The number of carbonyl (C=O) groups excluding carboxylic acids is 2. The second-order valence-corrected chi connectivity index (χ2v) is 8.44. The van der Waals surface area contributed by atoms with E-state index in [4.69, 9.17) is 16.3 Å². The van der Waals surface area contributed by atoms with Gasteiger partial charge in [-0.2, -0.15) is 0 Å². The lowest BCUT2D eigenvalue weighted by Crippen LogP contribution is -2.49. The molecular weight excluding hydrogens is 466 g/mol. The minimum Gasteiger partial charge on any atom is -0.496 e. The number of hydrogen-bond donors (Lipinski definition) is 1. The van der Waals surface area contributed by atoms with E-state index in [1.165, 1.54) is 6.08 Å². The summed E-state index contributed by atoms with van der Waals surface area (Å²) in [5.74, 6) is 1.12. The topological polar surface area (TPSA) is 87.7 Å². The number of piperazine rings is 1. The molecule has 0 bridgehead atoms. The number of carbonyl (C=O) groups is 2. The lowest BCUT2D eigenvalue weighted by molar-refractivity contribution is -0.130. The molecule has 0 radical (unpaired) electrons. The Kier molecular flexibility index (Phi) is 7.95. The molecule has 0 saturated carbocycles. The van der Waals surface area contributed by atoms with Crippen molar-refractivity contribution >= 4 is 41.1 Å². The minimum absolute atomic E-state index is 0.0776. The van der Waals surface area contributed by atoms with Crippen LogP contribution in [0, 0.1) is 0 Å². The summed E-state index contributed by atoms with van der Waals surface area (Å²) in [5, 5.41) is 3.37. The van der Waals surface area contributed by atoms with Crippen LogP contribution < -0.4 is 15.0 Å². The third kappa shape index (κ3) is 6.58. The Morgan fingerprint density at radius 3 is 2.46 bits per heavy atom. The number of benzene rings is 2. The maximum atomic E-state index is 12.7. The van der Waals surface area contributed by atoms with Crippen molar-refractivity contribution in [3.8, 4) is 5.75 Å². The molecule has 2 aromatic carbocycles. The lowest BCUT2D eigenvalue weighted by Gasteiger charge is -2.34. The van der Waals surface area contributed by atoms with Gasteiger partial charge in [-0.15, -0.1) is 0 Å². The van der Waals surface area contributed by atoms with Gasteiger partial charge in [-0.25, -0.2) is 9.97 Å². The van der Waals surface area contributed by atoms with Crippen molar-refractivity contribution in [1.82, 2.24) is 14.9 Å². The van der Waals surface area contributed by atoms with Gasteiger partial charge in [0, 0.05) is 60.9 Å². The molecular formula is C26H26ClN5O3. The molecule has 35 heavy (non-hydrogen) atoms. The highest BCUT2D eigenvalue weighted by molar-refractivity contribution is 6.30. The van der Waals surface area contributed by atoms with Gasteiger partial charge in [-0.3, -0.25) is 9.59 Å². The molecule has 1 aliphatic heterocycles. The van der Waals surface area contributed by atoms with Gasteiger partial charge in [-0.1, -0.05) is 23.7 Å². The lowest BCUT2D eigenvalue weighted by atomic mass is 10.1. The Labute approximate surface area is 209 Å². The molecule has 0 unspecified atom stereocenters. The molecule has 180 valence electrons. The zero-order valence-corrected chi connectivity index (χ0v) is 20.1. The fourth-order valence-corrected chi connectivity index (χ4v) is 3.97. The third-order valence-electron chi connectivity index (χ3n) is 5.65. The normalized spacial score (nSPS) is 13.7. The van der Waals surface area contributed by atoms with Gasteiger partial charge in [-0.05, 0) is 48.0 Å². The quantitative estimate of drug-likeness (QED) is 0.507. The van der Waals surface area contributed by atoms with Gasteiger partial charge in [0.15, 0.2) is 0 Å². The van der Waals surface area contributed by atoms with Crippen LogP contribution >= 0.6 is 11.6 Å². The van der Waals surface area contributed by atoms with E-state index in [9.17, 15) is 9.59 Å². The first-order valence-corrected chi connectivity index (χ1v) is 11.6. The van der Waals surface area contributed by atoms with E-state index in [2.05, 4.69) is 20.2 Å². The second-order valence-electron chi connectivity index (χ2n) is 8.00. The number of methoxy groups -OCH3 is 1. The van der Waals surface area contributed by atoms with Crippen molar-refractivity contribution in [2.45, 2.75) is 6.42 Å². The molecule has 8 nitrogen and oxygen atoms in total. The molecule has 1 saturated heterocycles. The summed E-state index contributed by atoms with van der Waals surface area (Å²) in [6.07, 6.45) is 6.82. The van der Waals surface area contributed by atoms with Crippen molar-refractivity contribution in [2.24, 2.45) is 0 Å². The van der Waals surface area contributed by atoms with Crippen molar-refractivity contribution < 1.29 is 14.3 Å². The molecule has 2 amide bonds. The molecule has 3 aromatic rings. The summed E-state index contributed by atoms with van der Waals surface area (Å²) in [7, 11) is 1.56. The van der Waals surface area contributed by atoms with Gasteiger partial charge in [0.25, 0.3) is 0 Å². The first kappa shape index (κ1) is 24.2. The highest BCUT2D eigenvalue weighted by Gasteiger charge is 2.22. The average molecular weight is 492 g/mol. The van der Waals surface area contributed by atoms with Gasteiger partial charge in [0.1, 0.15) is 5.75 Å². The number of amides is 2. The summed E-state index contributed by atoms with van der Waals surface area (Å²) in [6.45, 7) is 2.68. The first-order chi connectivity index (χ1) is 17.0. The van der Waals surface area contributed by atoms with E-state index < -0.39 is 0 Å². The van der Waals surface area contributed by atoms with E-state index in [1.54, 1.807) is 62.0 Å². The number of halogens is 1. The summed E-state index contributed by atoms with van der Waals surface area (Å²) < 4.78 is 5.28. The van der Waals surface area contributed by atoms with Crippen molar-refractivity contribution in [2.75, 3.05) is 43.5 Å². The Morgan fingerprint density at radius 2 is 1.77 bits per heavy atom. The second kappa shape index (κ2) is 11.5. The predicted octanol–water partition coefficient (Wildman–Crippen LogP) is 3.68. The number of nitrogens with zero attached hydrogens (tertiary/aromatic N) is 4. The van der Waals surface area contributed by atoms with Gasteiger partial charge < -0.3 is 19.9 Å². The summed E-state index contributed by atoms with van der Waals surface area (Å²) in [5.41, 5.74) is 2.24. The molecule has 0 spiro atoms. The van der Waals surface area contributed by atoms with Crippen LogP contribution in [0.5, 0.6) is 5.75 Å². The molecule has 0 aliphatic carbocycles. The molecule has 1 aromatic heterocycles. The van der Waals surface area contributed by atoms with Gasteiger partial charge in [0.05, 0.1) is 13.5 Å². The van der Waals surface area contributed by atoms with Crippen LogP contribution in [0.3, 0.4) is 0 Å². The average Bonchev–Trinajstić information content (AvgIpc) is 2.89. The molecule has 4 rings (SSSR count). The largest absolute Gasteiger partial charge is 0.496 e. The Balaban J connectivity index is 1.27. The Bertz CT molecular complexity index is 1190. The third-order valence-corrected chi connectivity index (χ3v) is 5.89. The smallest absolute Gasteiger partial charge is 0.248 e. The summed E-state index contributed by atoms with van der Waals surface area (Å²) in [4.78, 5) is 37.6. The van der Waals surface area contributed by atoms with Crippen molar-refractivity contribution in [3.63, 3.8) is 0 Å². The molecule has 1 N–H and O–H groups in total. The molecule has 1 aliphatic rings. The van der Waals surface area contributed by atoms with Crippen LogP contribution in [-0.2, 0) is 16.0 Å². The maximum Gasteiger partial charge on any atom is 0.248 e. The van der Waals surface area contributed by atoms with Crippen LogP contribution in [0.25, 0.3) is 6.08 Å². The monoisotopic (exact) mass is 491 g/mol. The van der Waals surface area contributed by atoms with E-state index in [0.717, 1.165) is 5.56 Å². The number of ether oxygens (including phenoxy) is 1. The molecule has 0 atom stereocenters. The minimum atomic E-state index is -0.281. The van der Waals surface area contributed by atoms with E-state index in [0.29, 0.717) is 60.6 Å². The molecule has 2 heterocycles. The highest BCUT2D eigenvalue weighted by Crippen LogP contribution is 2.24. The van der Waals surface area contributed by atoms with Crippen molar-refractivity contribution in [1.29, 1.82) is 0 Å². The van der Waals surface area contributed by atoms with Crippen molar-refractivity contribution in [3.05, 3.63) is 83.2 Å². The van der Waals surface area contributed by atoms with Crippen LogP contribution in [0.1, 0.15) is 11.1 Å². The number of hydrogen-bond acceptors (Lipinski definition) is 6. The van der Waals surface area contributed by atoms with Gasteiger partial charge in [0.2, 0.25) is 17.8 Å². The number of anilines is 2. The van der Waals surface area contributed by atoms with Gasteiger partial charge >= 0.3 is 0 Å². The molecule has 1 fully saturated rings. The summed E-state index contributed by atoms with van der Waals surface area (Å²) >= 11 is 6.03. The zero-order chi connectivity index (χ0) is 24.6.